The van der Waals surface area contributed by atoms with Crippen molar-refractivity contribution in [2.24, 2.45) is 0 Å². The van der Waals surface area contributed by atoms with Crippen LogP contribution in [0, 0.1) is 0 Å². The topological polar surface area (TPSA) is 27.3 Å². The van der Waals surface area contributed by atoms with Crippen molar-refractivity contribution < 1.29 is 0 Å². The maximum absolute atomic E-state index is 3.36. The van der Waals surface area contributed by atoms with Gasteiger partial charge in [-0.2, -0.15) is 0 Å². The Morgan fingerprint density at radius 2 is 1.83 bits per heavy atom. The highest BCUT2D eigenvalue weighted by molar-refractivity contribution is 4.66. The van der Waals surface area contributed by atoms with Crippen molar-refractivity contribution in [3.8, 4) is 0 Å². The number of hydrogen-bond acceptors (Lipinski definition) is 3. The van der Waals surface area contributed by atoms with Gasteiger partial charge in [0.1, 0.15) is 0 Å². The third kappa shape index (κ3) is 3.52. The number of nitrogens with zero attached hydrogens (tertiary/aromatic N) is 1. The minimum Gasteiger partial charge on any atom is -0.304 e. The summed E-state index contributed by atoms with van der Waals surface area (Å²) >= 11 is 0. The zero-order valence-corrected chi connectivity index (χ0v) is 8.27. The first-order valence-corrected chi connectivity index (χ1v) is 4.96. The third-order valence-corrected chi connectivity index (χ3v) is 2.35. The number of nitrogens with one attached hydrogen (secondary N) is 2. The fraction of sp³-hybridized carbons (Fsp3) is 1.00. The molecule has 0 atom stereocenters. The summed E-state index contributed by atoms with van der Waals surface area (Å²) in [5.41, 5.74) is 0. The molecule has 0 bridgehead atoms. The minimum absolute atomic E-state index is 0.685. The zero-order valence-electron chi connectivity index (χ0n) is 8.27. The molecule has 72 valence electrons. The van der Waals surface area contributed by atoms with Crippen LogP contribution in [0.3, 0.4) is 0 Å². The molecule has 0 unspecified atom stereocenters. The molecule has 0 aromatic carbocycles. The molecule has 3 nitrogen and oxygen atoms in total. The Morgan fingerprint density at radius 3 is 2.58 bits per heavy atom. The average Bonchev–Trinajstić information content (AvgIpc) is 2.15. The molecule has 0 amide bonds. The Balaban J connectivity index is 2.28. The van der Waals surface area contributed by atoms with E-state index < -0.39 is 0 Å². The molecule has 1 saturated heterocycles. The van der Waals surface area contributed by atoms with E-state index >= 15 is 0 Å². The van der Waals surface area contributed by atoms with Gasteiger partial charge in [-0.25, -0.2) is 0 Å². The molecule has 1 heterocycles. The first kappa shape index (κ1) is 9.96. The summed E-state index contributed by atoms with van der Waals surface area (Å²) in [5, 5.41) is 6.71. The van der Waals surface area contributed by atoms with Crippen LogP contribution >= 0.6 is 0 Å². The van der Waals surface area contributed by atoms with Crippen molar-refractivity contribution in [2.45, 2.75) is 26.3 Å². The lowest BCUT2D eigenvalue weighted by molar-refractivity contribution is 0.225. The lowest BCUT2D eigenvalue weighted by atomic mass is 10.3. The second-order valence-corrected chi connectivity index (χ2v) is 3.66. The van der Waals surface area contributed by atoms with Crippen LogP contribution in [-0.2, 0) is 0 Å². The summed E-state index contributed by atoms with van der Waals surface area (Å²) < 4.78 is 0. The number of hydrogen-bond donors (Lipinski definition) is 2. The van der Waals surface area contributed by atoms with Gasteiger partial charge >= 0.3 is 0 Å². The van der Waals surface area contributed by atoms with Gasteiger partial charge in [0, 0.05) is 25.8 Å². The van der Waals surface area contributed by atoms with Gasteiger partial charge in [0.25, 0.3) is 0 Å². The quantitative estimate of drug-likeness (QED) is 0.592. The molecular weight excluding hydrogens is 150 g/mol. The van der Waals surface area contributed by atoms with Crippen molar-refractivity contribution in [1.29, 1.82) is 0 Å². The van der Waals surface area contributed by atoms with E-state index in [0.717, 1.165) is 19.8 Å². The van der Waals surface area contributed by atoms with Crippen LogP contribution in [-0.4, -0.2) is 43.8 Å². The van der Waals surface area contributed by atoms with Gasteiger partial charge in [-0.05, 0) is 33.4 Å². The molecule has 0 aromatic heterocycles. The molecule has 0 aliphatic carbocycles. The number of rotatable bonds is 1. The van der Waals surface area contributed by atoms with Crippen LogP contribution in [0.15, 0.2) is 0 Å². The molecule has 3 heteroatoms. The maximum Gasteiger partial charge on any atom is 0.0454 e. The molecular formula is C9H21N3. The first-order valence-electron chi connectivity index (χ1n) is 4.96. The Labute approximate surface area is 75.5 Å². The Morgan fingerprint density at radius 1 is 1.08 bits per heavy atom. The smallest absolute Gasteiger partial charge is 0.0454 e. The van der Waals surface area contributed by atoms with E-state index in [4.69, 9.17) is 0 Å². The normalized spacial score (nSPS) is 23.2. The fourth-order valence-corrected chi connectivity index (χ4v) is 1.52. The Bertz CT molecular complexity index is 104. The summed E-state index contributed by atoms with van der Waals surface area (Å²) in [4.78, 5) is 2.53. The first-order chi connectivity index (χ1) is 5.80. The predicted molar refractivity (Wildman–Crippen MR) is 52.2 cm³/mol. The van der Waals surface area contributed by atoms with Crippen LogP contribution in [0.1, 0.15) is 20.3 Å². The molecule has 0 spiro atoms. The van der Waals surface area contributed by atoms with Crippen LogP contribution in [0.2, 0.25) is 0 Å². The standard InChI is InChI=1S/C9H21N3/c1-9(2)12-6-3-4-10-8-11-5-7-12/h9-11H,3-8H2,1-2H3. The van der Waals surface area contributed by atoms with Crippen molar-refractivity contribution in [2.75, 3.05) is 32.8 Å². The molecule has 12 heavy (non-hydrogen) atoms. The lowest BCUT2D eigenvalue weighted by Crippen LogP contribution is -2.37. The van der Waals surface area contributed by atoms with E-state index in [9.17, 15) is 0 Å². The molecule has 2 N–H and O–H groups in total. The van der Waals surface area contributed by atoms with Crippen molar-refractivity contribution in [1.82, 2.24) is 15.5 Å². The van der Waals surface area contributed by atoms with Gasteiger partial charge in [0.2, 0.25) is 0 Å². The van der Waals surface area contributed by atoms with Crippen molar-refractivity contribution >= 4 is 0 Å². The van der Waals surface area contributed by atoms with Crippen LogP contribution in [0.5, 0.6) is 0 Å². The van der Waals surface area contributed by atoms with E-state index in [2.05, 4.69) is 29.4 Å². The summed E-state index contributed by atoms with van der Waals surface area (Å²) in [6.45, 7) is 10.1. The predicted octanol–water partition coefficient (Wildman–Crippen LogP) is 0.237. The summed E-state index contributed by atoms with van der Waals surface area (Å²) in [5.74, 6) is 0. The maximum atomic E-state index is 3.36. The van der Waals surface area contributed by atoms with Crippen LogP contribution < -0.4 is 10.6 Å². The average molecular weight is 171 g/mol. The van der Waals surface area contributed by atoms with Crippen LogP contribution in [0.25, 0.3) is 0 Å². The van der Waals surface area contributed by atoms with E-state index in [1.54, 1.807) is 0 Å². The van der Waals surface area contributed by atoms with Gasteiger partial charge < -0.3 is 10.6 Å². The van der Waals surface area contributed by atoms with Gasteiger partial charge in [-0.15, -0.1) is 0 Å². The third-order valence-electron chi connectivity index (χ3n) is 2.35. The zero-order chi connectivity index (χ0) is 8.81. The molecule has 1 rings (SSSR count). The van der Waals surface area contributed by atoms with Crippen LogP contribution in [0.4, 0.5) is 0 Å². The van der Waals surface area contributed by atoms with E-state index in [0.29, 0.717) is 6.04 Å². The molecule has 1 fully saturated rings. The molecule has 0 aromatic rings. The van der Waals surface area contributed by atoms with Crippen molar-refractivity contribution in [3.05, 3.63) is 0 Å². The van der Waals surface area contributed by atoms with E-state index in [1.165, 1.54) is 19.5 Å². The lowest BCUT2D eigenvalue weighted by Gasteiger charge is -2.25. The Kier molecular flexibility index (Phi) is 4.58. The Hall–Kier alpha value is -0.120. The summed E-state index contributed by atoms with van der Waals surface area (Å²) in [7, 11) is 0. The molecule has 0 radical (unpaired) electrons. The highest BCUT2D eigenvalue weighted by atomic mass is 15.2. The van der Waals surface area contributed by atoms with Crippen molar-refractivity contribution in [3.63, 3.8) is 0 Å². The largest absolute Gasteiger partial charge is 0.304 e. The second kappa shape index (κ2) is 5.51. The van der Waals surface area contributed by atoms with Gasteiger partial charge in [-0.1, -0.05) is 0 Å². The minimum atomic E-state index is 0.685. The van der Waals surface area contributed by atoms with Gasteiger partial charge in [-0.3, -0.25) is 4.90 Å². The highest BCUT2D eigenvalue weighted by Crippen LogP contribution is 1.98. The second-order valence-electron chi connectivity index (χ2n) is 3.66. The highest BCUT2D eigenvalue weighted by Gasteiger charge is 2.08. The van der Waals surface area contributed by atoms with Gasteiger partial charge in [0.05, 0.1) is 0 Å². The molecule has 1 aliphatic rings. The summed E-state index contributed by atoms with van der Waals surface area (Å²) in [6, 6.07) is 0.685. The summed E-state index contributed by atoms with van der Waals surface area (Å²) in [6.07, 6.45) is 1.26. The van der Waals surface area contributed by atoms with E-state index in [1.807, 2.05) is 0 Å². The van der Waals surface area contributed by atoms with E-state index in [-0.39, 0.29) is 0 Å². The molecule has 1 aliphatic heterocycles. The fourth-order valence-electron chi connectivity index (χ4n) is 1.52. The SMILES string of the molecule is CC(C)N1CCCNCNCC1. The molecule has 0 saturated carbocycles. The monoisotopic (exact) mass is 171 g/mol. The van der Waals surface area contributed by atoms with Gasteiger partial charge in [0.15, 0.2) is 0 Å².